The van der Waals surface area contributed by atoms with Crippen molar-refractivity contribution in [3.05, 3.63) is 41.2 Å². The number of rotatable bonds is 4. The zero-order valence-electron chi connectivity index (χ0n) is 10.0. The van der Waals surface area contributed by atoms with Crippen LogP contribution in [0, 0.1) is 12.7 Å². The Morgan fingerprint density at radius 1 is 1.44 bits per heavy atom. The van der Waals surface area contributed by atoms with Crippen LogP contribution in [0.2, 0.25) is 0 Å². The highest BCUT2D eigenvalue weighted by Gasteiger charge is 2.21. The van der Waals surface area contributed by atoms with Crippen molar-refractivity contribution in [1.82, 2.24) is 0 Å². The molecule has 0 bridgehead atoms. The third kappa shape index (κ3) is 2.95. The first-order chi connectivity index (χ1) is 8.15. The van der Waals surface area contributed by atoms with Crippen LogP contribution in [0.3, 0.4) is 0 Å². The predicted molar refractivity (Wildman–Crippen MR) is 65.0 cm³/mol. The van der Waals surface area contributed by atoms with E-state index in [1.54, 1.807) is 6.92 Å². The number of carboxylic acid groups (broad SMARTS) is 1. The molecule has 18 heavy (non-hydrogen) atoms. The van der Waals surface area contributed by atoms with Crippen molar-refractivity contribution >= 4 is 15.8 Å². The van der Waals surface area contributed by atoms with Crippen LogP contribution >= 0.6 is 0 Å². The van der Waals surface area contributed by atoms with E-state index >= 15 is 0 Å². The van der Waals surface area contributed by atoms with Gasteiger partial charge in [0.15, 0.2) is 9.84 Å². The van der Waals surface area contributed by atoms with Crippen molar-refractivity contribution < 1.29 is 22.7 Å². The highest BCUT2D eigenvalue weighted by atomic mass is 32.2. The number of sulfone groups is 1. The highest BCUT2D eigenvalue weighted by Crippen LogP contribution is 2.21. The molecule has 0 aliphatic heterocycles. The van der Waals surface area contributed by atoms with Gasteiger partial charge in [0.05, 0.1) is 16.2 Å². The summed E-state index contributed by atoms with van der Waals surface area (Å²) in [6, 6.07) is 1.96. The number of carboxylic acids is 1. The molecule has 1 N–H and O–H groups in total. The maximum absolute atomic E-state index is 13.5. The molecule has 0 aliphatic rings. The molecule has 0 unspecified atom stereocenters. The Morgan fingerprint density at radius 2 is 2.00 bits per heavy atom. The average molecular weight is 272 g/mol. The van der Waals surface area contributed by atoms with Crippen LogP contribution in [0.5, 0.6) is 0 Å². The molecule has 0 amide bonds. The molecule has 1 aromatic carbocycles. The summed E-state index contributed by atoms with van der Waals surface area (Å²) >= 11 is 0. The molecule has 0 saturated heterocycles. The third-order valence-corrected chi connectivity index (χ3v) is 4.08. The van der Waals surface area contributed by atoms with E-state index in [2.05, 4.69) is 6.58 Å². The maximum Gasteiger partial charge on any atom is 0.338 e. The van der Waals surface area contributed by atoms with Gasteiger partial charge in [-0.25, -0.2) is 17.6 Å². The lowest BCUT2D eigenvalue weighted by molar-refractivity contribution is 0.0691. The molecule has 1 aromatic rings. The minimum Gasteiger partial charge on any atom is -0.478 e. The van der Waals surface area contributed by atoms with Gasteiger partial charge in [0, 0.05) is 0 Å². The lowest BCUT2D eigenvalue weighted by atomic mass is 10.1. The van der Waals surface area contributed by atoms with E-state index in [-0.39, 0.29) is 16.2 Å². The van der Waals surface area contributed by atoms with Crippen LogP contribution in [0.15, 0.2) is 29.2 Å². The minimum absolute atomic E-state index is 0.0183. The number of halogens is 1. The summed E-state index contributed by atoms with van der Waals surface area (Å²) in [5.74, 6) is -2.71. The normalized spacial score (nSPS) is 11.3. The number of carbonyl (C=O) groups is 1. The van der Waals surface area contributed by atoms with Gasteiger partial charge in [0.25, 0.3) is 0 Å². The van der Waals surface area contributed by atoms with Crippen molar-refractivity contribution in [1.29, 1.82) is 0 Å². The summed E-state index contributed by atoms with van der Waals surface area (Å²) in [4.78, 5) is 10.6. The van der Waals surface area contributed by atoms with Crippen LogP contribution in [-0.4, -0.2) is 25.2 Å². The Kier molecular flexibility index (Phi) is 3.91. The van der Waals surface area contributed by atoms with Gasteiger partial charge >= 0.3 is 5.97 Å². The number of hydrogen-bond donors (Lipinski definition) is 1. The van der Waals surface area contributed by atoms with Gasteiger partial charge in [-0.2, -0.15) is 0 Å². The van der Waals surface area contributed by atoms with E-state index in [0.29, 0.717) is 5.57 Å². The quantitative estimate of drug-likeness (QED) is 0.673. The Bertz CT molecular complexity index is 617. The zero-order chi connectivity index (χ0) is 14.1. The molecule has 0 fully saturated rings. The average Bonchev–Trinajstić information content (AvgIpc) is 2.19. The smallest absolute Gasteiger partial charge is 0.338 e. The van der Waals surface area contributed by atoms with Gasteiger partial charge in [-0.15, -0.1) is 0 Å². The van der Waals surface area contributed by atoms with Crippen molar-refractivity contribution in [3.63, 3.8) is 0 Å². The van der Waals surface area contributed by atoms with Crippen molar-refractivity contribution in [2.24, 2.45) is 0 Å². The van der Waals surface area contributed by atoms with E-state index in [1.807, 2.05) is 0 Å². The van der Waals surface area contributed by atoms with Crippen LogP contribution in [0.4, 0.5) is 4.39 Å². The molecular formula is C12H13FO4S. The van der Waals surface area contributed by atoms with Gasteiger partial charge in [0.2, 0.25) is 0 Å². The van der Waals surface area contributed by atoms with Crippen molar-refractivity contribution in [2.45, 2.75) is 18.7 Å². The molecule has 4 nitrogen and oxygen atoms in total. The lowest BCUT2D eigenvalue weighted by Crippen LogP contribution is -2.11. The molecule has 0 heterocycles. The lowest BCUT2D eigenvalue weighted by Gasteiger charge is -2.08. The fourth-order valence-electron chi connectivity index (χ4n) is 1.48. The van der Waals surface area contributed by atoms with E-state index in [0.717, 1.165) is 12.1 Å². The second kappa shape index (κ2) is 4.89. The summed E-state index contributed by atoms with van der Waals surface area (Å²) in [6.07, 6.45) is 0. The summed E-state index contributed by atoms with van der Waals surface area (Å²) < 4.78 is 37.3. The van der Waals surface area contributed by atoms with Gasteiger partial charge in [-0.05, 0) is 31.5 Å². The van der Waals surface area contributed by atoms with E-state index < -0.39 is 27.2 Å². The van der Waals surface area contributed by atoms with Crippen LogP contribution in [-0.2, 0) is 9.84 Å². The first-order valence-corrected chi connectivity index (χ1v) is 6.71. The monoisotopic (exact) mass is 272 g/mol. The number of hydrogen-bond acceptors (Lipinski definition) is 3. The Morgan fingerprint density at radius 3 is 2.44 bits per heavy atom. The van der Waals surface area contributed by atoms with Gasteiger partial charge in [-0.3, -0.25) is 0 Å². The molecule has 0 spiro atoms. The zero-order valence-corrected chi connectivity index (χ0v) is 10.8. The molecule has 0 aromatic heterocycles. The second-order valence-electron chi connectivity index (χ2n) is 4.12. The predicted octanol–water partition coefficient (Wildman–Crippen LogP) is 2.18. The Labute approximate surface area is 105 Å². The fourth-order valence-corrected chi connectivity index (χ4v) is 2.95. The summed E-state index contributed by atoms with van der Waals surface area (Å²) in [5.41, 5.74) is -0.237. The van der Waals surface area contributed by atoms with Gasteiger partial charge in [0.1, 0.15) is 5.82 Å². The molecule has 0 aliphatic carbocycles. The van der Waals surface area contributed by atoms with Gasteiger partial charge in [-0.1, -0.05) is 12.2 Å². The maximum atomic E-state index is 13.5. The van der Waals surface area contributed by atoms with Crippen LogP contribution < -0.4 is 0 Å². The van der Waals surface area contributed by atoms with E-state index in [9.17, 15) is 17.6 Å². The first-order valence-electron chi connectivity index (χ1n) is 5.05. The molecule has 0 atom stereocenters. The number of aromatic carboxylic acids is 1. The Balaban J connectivity index is 3.45. The second-order valence-corrected chi connectivity index (χ2v) is 6.11. The standard InChI is InChI=1S/C12H13FO4S/c1-7(2)6-18(16,17)9-4-8(3)11(13)10(5-9)12(14)15/h4-5H,1,6H2,2-3H3,(H,14,15). The summed E-state index contributed by atoms with van der Waals surface area (Å²) in [6.45, 7) is 6.36. The van der Waals surface area contributed by atoms with Crippen LogP contribution in [0.1, 0.15) is 22.8 Å². The van der Waals surface area contributed by atoms with Crippen LogP contribution in [0.25, 0.3) is 0 Å². The SMILES string of the molecule is C=C(C)CS(=O)(=O)c1cc(C)c(F)c(C(=O)O)c1. The molecule has 1 rings (SSSR count). The van der Waals surface area contributed by atoms with E-state index in [4.69, 9.17) is 5.11 Å². The largest absolute Gasteiger partial charge is 0.478 e. The summed E-state index contributed by atoms with van der Waals surface area (Å²) in [5, 5.41) is 8.81. The van der Waals surface area contributed by atoms with Crippen molar-refractivity contribution in [2.75, 3.05) is 5.75 Å². The molecule has 98 valence electrons. The topological polar surface area (TPSA) is 71.4 Å². The van der Waals surface area contributed by atoms with Gasteiger partial charge < -0.3 is 5.11 Å². The molecular weight excluding hydrogens is 259 g/mol. The van der Waals surface area contributed by atoms with Crippen molar-refractivity contribution in [3.8, 4) is 0 Å². The number of aryl methyl sites for hydroxylation is 1. The van der Waals surface area contributed by atoms with E-state index in [1.165, 1.54) is 6.92 Å². The number of benzene rings is 1. The molecule has 0 saturated carbocycles. The minimum atomic E-state index is -3.68. The summed E-state index contributed by atoms with van der Waals surface area (Å²) in [7, 11) is -3.68. The Hall–Kier alpha value is -1.69. The third-order valence-electron chi connectivity index (χ3n) is 2.25. The molecule has 0 radical (unpaired) electrons. The first kappa shape index (κ1) is 14.4. The highest BCUT2D eigenvalue weighted by molar-refractivity contribution is 7.91. The fraction of sp³-hybridized carbons (Fsp3) is 0.250. The molecule has 6 heteroatoms.